The van der Waals surface area contributed by atoms with Gasteiger partial charge in [0.15, 0.2) is 0 Å². The number of methoxy groups -OCH3 is 1. The standard InChI is InChI=1S/C13H25NO2/c1-4-11-5-7-12(8-6-11)14-10(2)9-13(15)16-3/h10-12,14H,4-9H2,1-3H3. The highest BCUT2D eigenvalue weighted by atomic mass is 16.5. The van der Waals surface area contributed by atoms with Crippen molar-refractivity contribution in [1.82, 2.24) is 5.32 Å². The molecule has 1 N–H and O–H groups in total. The highest BCUT2D eigenvalue weighted by Gasteiger charge is 2.21. The van der Waals surface area contributed by atoms with E-state index in [1.54, 1.807) is 0 Å². The largest absolute Gasteiger partial charge is 0.469 e. The second kappa shape index (κ2) is 6.89. The molecule has 1 aliphatic carbocycles. The molecule has 94 valence electrons. The van der Waals surface area contributed by atoms with E-state index in [2.05, 4.69) is 23.9 Å². The Hall–Kier alpha value is -0.570. The number of hydrogen-bond donors (Lipinski definition) is 1. The van der Waals surface area contributed by atoms with Crippen LogP contribution in [0.15, 0.2) is 0 Å². The molecule has 1 rings (SSSR count). The number of carbonyl (C=O) groups is 1. The van der Waals surface area contributed by atoms with Crippen LogP contribution in [0.4, 0.5) is 0 Å². The van der Waals surface area contributed by atoms with E-state index in [0.29, 0.717) is 12.5 Å². The Morgan fingerprint density at radius 2 is 2.00 bits per heavy atom. The second-order valence-electron chi connectivity index (χ2n) is 4.97. The van der Waals surface area contributed by atoms with E-state index in [-0.39, 0.29) is 12.0 Å². The Morgan fingerprint density at radius 1 is 1.38 bits per heavy atom. The third kappa shape index (κ3) is 4.52. The van der Waals surface area contributed by atoms with Crippen molar-refractivity contribution in [1.29, 1.82) is 0 Å². The smallest absolute Gasteiger partial charge is 0.307 e. The van der Waals surface area contributed by atoms with Crippen LogP contribution in [0.2, 0.25) is 0 Å². The van der Waals surface area contributed by atoms with E-state index in [1.165, 1.54) is 39.2 Å². The summed E-state index contributed by atoms with van der Waals surface area (Å²) in [5.74, 6) is 0.802. The SMILES string of the molecule is CCC1CCC(NC(C)CC(=O)OC)CC1. The number of rotatable bonds is 5. The van der Waals surface area contributed by atoms with Crippen LogP contribution in [-0.2, 0) is 9.53 Å². The lowest BCUT2D eigenvalue weighted by Gasteiger charge is -2.30. The molecule has 0 spiro atoms. The lowest BCUT2D eigenvalue weighted by Crippen LogP contribution is -2.40. The quantitative estimate of drug-likeness (QED) is 0.733. The zero-order valence-corrected chi connectivity index (χ0v) is 10.8. The van der Waals surface area contributed by atoms with Crippen molar-refractivity contribution in [2.24, 2.45) is 5.92 Å². The van der Waals surface area contributed by atoms with E-state index in [0.717, 1.165) is 5.92 Å². The summed E-state index contributed by atoms with van der Waals surface area (Å²) in [4.78, 5) is 11.1. The van der Waals surface area contributed by atoms with Gasteiger partial charge in [0, 0.05) is 12.1 Å². The molecule has 0 saturated heterocycles. The van der Waals surface area contributed by atoms with Crippen LogP contribution in [0.25, 0.3) is 0 Å². The first-order chi connectivity index (χ1) is 7.65. The minimum atomic E-state index is -0.123. The fraction of sp³-hybridized carbons (Fsp3) is 0.923. The van der Waals surface area contributed by atoms with Gasteiger partial charge in [0.05, 0.1) is 13.5 Å². The van der Waals surface area contributed by atoms with Crippen molar-refractivity contribution in [2.75, 3.05) is 7.11 Å². The average molecular weight is 227 g/mol. The molecule has 0 aromatic rings. The zero-order valence-electron chi connectivity index (χ0n) is 10.8. The molecule has 3 nitrogen and oxygen atoms in total. The zero-order chi connectivity index (χ0) is 12.0. The van der Waals surface area contributed by atoms with Crippen molar-refractivity contribution in [2.45, 2.75) is 64.5 Å². The molecule has 0 aromatic heterocycles. The Bertz CT molecular complexity index is 210. The third-order valence-electron chi connectivity index (χ3n) is 3.64. The van der Waals surface area contributed by atoms with E-state index in [1.807, 2.05) is 0 Å². The van der Waals surface area contributed by atoms with Gasteiger partial charge < -0.3 is 10.1 Å². The van der Waals surface area contributed by atoms with Crippen LogP contribution < -0.4 is 5.32 Å². The maximum absolute atomic E-state index is 11.1. The number of esters is 1. The molecule has 0 heterocycles. The number of hydrogen-bond acceptors (Lipinski definition) is 3. The van der Waals surface area contributed by atoms with Crippen molar-refractivity contribution >= 4 is 5.97 Å². The lowest BCUT2D eigenvalue weighted by atomic mass is 9.84. The monoisotopic (exact) mass is 227 g/mol. The van der Waals surface area contributed by atoms with Gasteiger partial charge in [-0.2, -0.15) is 0 Å². The van der Waals surface area contributed by atoms with Crippen molar-refractivity contribution in [3.05, 3.63) is 0 Å². The van der Waals surface area contributed by atoms with Gasteiger partial charge in [0.1, 0.15) is 0 Å². The molecule has 0 amide bonds. The first-order valence-corrected chi connectivity index (χ1v) is 6.48. The number of nitrogens with one attached hydrogen (secondary N) is 1. The van der Waals surface area contributed by atoms with Crippen LogP contribution in [0, 0.1) is 5.92 Å². The molecule has 0 aliphatic heterocycles. The summed E-state index contributed by atoms with van der Waals surface area (Å²) in [6.45, 7) is 4.33. The summed E-state index contributed by atoms with van der Waals surface area (Å²) in [5.41, 5.74) is 0. The lowest BCUT2D eigenvalue weighted by molar-refractivity contribution is -0.141. The van der Waals surface area contributed by atoms with Gasteiger partial charge in [-0.3, -0.25) is 4.79 Å². The third-order valence-corrected chi connectivity index (χ3v) is 3.64. The average Bonchev–Trinajstić information content (AvgIpc) is 2.29. The summed E-state index contributed by atoms with van der Waals surface area (Å²) in [7, 11) is 1.45. The molecule has 1 aliphatic rings. The predicted octanol–water partition coefficient (Wildman–Crippen LogP) is 2.50. The van der Waals surface area contributed by atoms with Crippen molar-refractivity contribution in [3.63, 3.8) is 0 Å². The van der Waals surface area contributed by atoms with E-state index >= 15 is 0 Å². The molecule has 1 atom stereocenters. The van der Waals surface area contributed by atoms with Gasteiger partial charge in [-0.15, -0.1) is 0 Å². The Morgan fingerprint density at radius 3 is 2.50 bits per heavy atom. The van der Waals surface area contributed by atoms with E-state index in [9.17, 15) is 4.79 Å². The van der Waals surface area contributed by atoms with Gasteiger partial charge in [0.25, 0.3) is 0 Å². The summed E-state index contributed by atoms with van der Waals surface area (Å²) in [5, 5.41) is 3.53. The van der Waals surface area contributed by atoms with Gasteiger partial charge >= 0.3 is 5.97 Å². The molecule has 0 bridgehead atoms. The minimum absolute atomic E-state index is 0.123. The van der Waals surface area contributed by atoms with Gasteiger partial charge in [0.2, 0.25) is 0 Å². The number of ether oxygens (including phenoxy) is 1. The van der Waals surface area contributed by atoms with Gasteiger partial charge in [-0.05, 0) is 38.5 Å². The van der Waals surface area contributed by atoms with Crippen molar-refractivity contribution in [3.8, 4) is 0 Å². The molecule has 1 saturated carbocycles. The van der Waals surface area contributed by atoms with Crippen molar-refractivity contribution < 1.29 is 9.53 Å². The molecule has 16 heavy (non-hydrogen) atoms. The summed E-state index contributed by atoms with van der Waals surface area (Å²) in [6, 6.07) is 0.832. The molecule has 3 heteroatoms. The first-order valence-electron chi connectivity index (χ1n) is 6.48. The molecule has 0 radical (unpaired) electrons. The van der Waals surface area contributed by atoms with Crippen LogP contribution in [0.5, 0.6) is 0 Å². The van der Waals surface area contributed by atoms with Crippen LogP contribution >= 0.6 is 0 Å². The molecular weight excluding hydrogens is 202 g/mol. The maximum atomic E-state index is 11.1. The van der Waals surface area contributed by atoms with Gasteiger partial charge in [-0.25, -0.2) is 0 Å². The maximum Gasteiger partial charge on any atom is 0.307 e. The van der Waals surface area contributed by atoms with E-state index < -0.39 is 0 Å². The molecular formula is C13H25NO2. The molecule has 1 unspecified atom stereocenters. The highest BCUT2D eigenvalue weighted by molar-refractivity contribution is 5.69. The fourth-order valence-electron chi connectivity index (χ4n) is 2.53. The number of carbonyl (C=O) groups excluding carboxylic acids is 1. The van der Waals surface area contributed by atoms with Crippen LogP contribution in [-0.4, -0.2) is 25.2 Å². The second-order valence-corrected chi connectivity index (χ2v) is 4.97. The van der Waals surface area contributed by atoms with Gasteiger partial charge in [-0.1, -0.05) is 13.3 Å². The highest BCUT2D eigenvalue weighted by Crippen LogP contribution is 2.26. The predicted molar refractivity (Wildman–Crippen MR) is 65.3 cm³/mol. The summed E-state index contributed by atoms with van der Waals surface area (Å²) in [6.07, 6.45) is 6.96. The van der Waals surface area contributed by atoms with E-state index in [4.69, 9.17) is 0 Å². The Balaban J connectivity index is 2.20. The normalized spacial score (nSPS) is 27.4. The Labute approximate surface area is 98.9 Å². The van der Waals surface area contributed by atoms with Crippen LogP contribution in [0.1, 0.15) is 52.4 Å². The minimum Gasteiger partial charge on any atom is -0.469 e. The molecule has 1 fully saturated rings. The fourth-order valence-corrected chi connectivity index (χ4v) is 2.53. The topological polar surface area (TPSA) is 38.3 Å². The first kappa shape index (κ1) is 13.5. The summed E-state index contributed by atoms with van der Waals surface area (Å²) >= 11 is 0. The molecule has 0 aromatic carbocycles. The summed E-state index contributed by atoms with van der Waals surface area (Å²) < 4.78 is 4.67. The van der Waals surface area contributed by atoms with Crippen LogP contribution in [0.3, 0.4) is 0 Å². The Kier molecular flexibility index (Phi) is 5.81.